The average molecular weight is 492 g/mol. The summed E-state index contributed by atoms with van der Waals surface area (Å²) in [7, 11) is 5.90. The van der Waals surface area contributed by atoms with Gasteiger partial charge in [-0.1, -0.05) is 60.7 Å². The van der Waals surface area contributed by atoms with Gasteiger partial charge in [-0.15, -0.1) is 0 Å². The lowest BCUT2D eigenvalue weighted by Gasteiger charge is -2.39. The van der Waals surface area contributed by atoms with Crippen LogP contribution < -0.4 is 14.5 Å². The van der Waals surface area contributed by atoms with Gasteiger partial charge in [-0.25, -0.2) is 0 Å². The molecule has 0 aromatic heterocycles. The number of methoxy groups -OCH3 is 1. The first-order valence-corrected chi connectivity index (χ1v) is 13.1. The van der Waals surface area contributed by atoms with Crippen LogP contribution in [0.4, 0.5) is 17.1 Å². The van der Waals surface area contributed by atoms with Crippen molar-refractivity contribution in [2.24, 2.45) is 0 Å². The molecule has 4 aromatic rings. The maximum absolute atomic E-state index is 5.48. The van der Waals surface area contributed by atoms with Crippen molar-refractivity contribution >= 4 is 17.1 Å². The molecule has 4 aromatic carbocycles. The Balaban J connectivity index is 1.59. The van der Waals surface area contributed by atoms with Crippen LogP contribution in [0.25, 0.3) is 0 Å². The summed E-state index contributed by atoms with van der Waals surface area (Å²) in [6, 6.07) is 37.8. The van der Waals surface area contributed by atoms with Gasteiger partial charge in [0, 0.05) is 50.3 Å². The van der Waals surface area contributed by atoms with Crippen molar-refractivity contribution in [1.29, 1.82) is 0 Å². The molecule has 1 aliphatic rings. The first kappa shape index (κ1) is 24.9. The summed E-state index contributed by atoms with van der Waals surface area (Å²) in [5, 5.41) is 0. The molecule has 0 spiro atoms. The van der Waals surface area contributed by atoms with E-state index in [4.69, 9.17) is 4.74 Å². The molecule has 0 aliphatic carbocycles. The highest BCUT2D eigenvalue weighted by Gasteiger charge is 2.35. The van der Waals surface area contributed by atoms with E-state index in [-0.39, 0.29) is 6.04 Å². The predicted molar refractivity (Wildman–Crippen MR) is 155 cm³/mol. The Morgan fingerprint density at radius 1 is 0.784 bits per heavy atom. The standard InChI is InChI=1S/C33H37N3O/c1-25-33(22-26-14-16-29(17-15-26)34(2)3)36(30-18-20-31(37-4)21-19-30)32-13-9-8-12-28(32)24-35(25)23-27-10-6-5-7-11-27/h5-21,25,33H,22-24H2,1-4H3/t25-,33+/m0/s1. The highest BCUT2D eigenvalue weighted by atomic mass is 16.5. The fourth-order valence-electron chi connectivity index (χ4n) is 5.40. The van der Waals surface area contributed by atoms with Gasteiger partial charge in [-0.05, 0) is 72.5 Å². The van der Waals surface area contributed by atoms with Gasteiger partial charge in [0.15, 0.2) is 0 Å². The van der Waals surface area contributed by atoms with Crippen LogP contribution in [-0.2, 0) is 19.5 Å². The quantitative estimate of drug-likeness (QED) is 0.279. The summed E-state index contributed by atoms with van der Waals surface area (Å²) < 4.78 is 5.48. The zero-order valence-electron chi connectivity index (χ0n) is 22.3. The molecule has 37 heavy (non-hydrogen) atoms. The molecule has 4 nitrogen and oxygen atoms in total. The topological polar surface area (TPSA) is 19.0 Å². The second-order valence-electron chi connectivity index (χ2n) is 10.2. The molecule has 0 amide bonds. The summed E-state index contributed by atoms with van der Waals surface area (Å²) in [4.78, 5) is 7.35. The number of hydrogen-bond acceptors (Lipinski definition) is 4. The lowest BCUT2D eigenvalue weighted by atomic mass is 9.96. The van der Waals surface area contributed by atoms with E-state index in [0.29, 0.717) is 6.04 Å². The molecule has 0 unspecified atom stereocenters. The number of ether oxygens (including phenoxy) is 1. The van der Waals surface area contributed by atoms with Crippen LogP contribution in [0, 0.1) is 0 Å². The minimum Gasteiger partial charge on any atom is -0.497 e. The van der Waals surface area contributed by atoms with Gasteiger partial charge < -0.3 is 14.5 Å². The predicted octanol–water partition coefficient (Wildman–Crippen LogP) is 6.91. The van der Waals surface area contributed by atoms with E-state index in [1.165, 1.54) is 33.8 Å². The number of nitrogens with zero attached hydrogens (tertiary/aromatic N) is 3. The smallest absolute Gasteiger partial charge is 0.119 e. The molecule has 190 valence electrons. The average Bonchev–Trinajstić information content (AvgIpc) is 3.04. The van der Waals surface area contributed by atoms with Crippen LogP contribution in [0.5, 0.6) is 5.75 Å². The van der Waals surface area contributed by atoms with Crippen molar-refractivity contribution in [2.45, 2.75) is 38.5 Å². The lowest BCUT2D eigenvalue weighted by Crippen LogP contribution is -2.47. The molecule has 0 saturated carbocycles. The molecular formula is C33H37N3O. The molecule has 1 aliphatic heterocycles. The summed E-state index contributed by atoms with van der Waals surface area (Å²) >= 11 is 0. The van der Waals surface area contributed by atoms with Crippen molar-refractivity contribution < 1.29 is 4.74 Å². The van der Waals surface area contributed by atoms with Gasteiger partial charge in [-0.3, -0.25) is 4.90 Å². The number of benzene rings is 4. The van der Waals surface area contributed by atoms with Crippen molar-refractivity contribution in [3.63, 3.8) is 0 Å². The summed E-state index contributed by atoms with van der Waals surface area (Å²) in [6.07, 6.45) is 0.945. The molecule has 0 N–H and O–H groups in total. The third-order valence-electron chi connectivity index (χ3n) is 7.57. The van der Waals surface area contributed by atoms with E-state index in [9.17, 15) is 0 Å². The van der Waals surface area contributed by atoms with Gasteiger partial charge in [0.1, 0.15) is 5.75 Å². The maximum Gasteiger partial charge on any atom is 0.119 e. The second-order valence-corrected chi connectivity index (χ2v) is 10.2. The molecule has 4 heteroatoms. The van der Waals surface area contributed by atoms with Crippen molar-refractivity contribution in [2.75, 3.05) is 31.0 Å². The van der Waals surface area contributed by atoms with Crippen LogP contribution >= 0.6 is 0 Å². The third-order valence-corrected chi connectivity index (χ3v) is 7.57. The number of hydrogen-bond donors (Lipinski definition) is 0. The van der Waals surface area contributed by atoms with Crippen LogP contribution in [0.2, 0.25) is 0 Å². The second kappa shape index (κ2) is 11.1. The number of fused-ring (bicyclic) bond motifs is 1. The Morgan fingerprint density at radius 3 is 2.14 bits per heavy atom. The molecule has 0 fully saturated rings. The maximum atomic E-state index is 5.48. The van der Waals surface area contributed by atoms with Crippen LogP contribution in [-0.4, -0.2) is 38.2 Å². The van der Waals surface area contributed by atoms with Gasteiger partial charge in [-0.2, -0.15) is 0 Å². The number of rotatable bonds is 7. The molecule has 0 radical (unpaired) electrons. The van der Waals surface area contributed by atoms with Crippen LogP contribution in [0.1, 0.15) is 23.6 Å². The largest absolute Gasteiger partial charge is 0.497 e. The monoisotopic (exact) mass is 491 g/mol. The Morgan fingerprint density at radius 2 is 1.46 bits per heavy atom. The Hall–Kier alpha value is -3.76. The minimum atomic E-state index is 0.242. The number of anilines is 3. The van der Waals surface area contributed by atoms with Gasteiger partial charge in [0.2, 0.25) is 0 Å². The van der Waals surface area contributed by atoms with Gasteiger partial charge in [0.05, 0.1) is 13.2 Å². The number of para-hydroxylation sites is 1. The van der Waals surface area contributed by atoms with Crippen molar-refractivity contribution in [1.82, 2.24) is 4.90 Å². The molecule has 2 atom stereocenters. The van der Waals surface area contributed by atoms with Gasteiger partial charge in [0.25, 0.3) is 0 Å². The minimum absolute atomic E-state index is 0.242. The Labute approximate surface area is 221 Å². The van der Waals surface area contributed by atoms with Crippen LogP contribution in [0.3, 0.4) is 0 Å². The van der Waals surface area contributed by atoms with Gasteiger partial charge >= 0.3 is 0 Å². The summed E-state index contributed by atoms with van der Waals surface area (Å²) in [5.74, 6) is 0.876. The fraction of sp³-hybridized carbons (Fsp3) is 0.273. The normalized spacial score (nSPS) is 17.7. The zero-order chi connectivity index (χ0) is 25.8. The molecule has 1 heterocycles. The van der Waals surface area contributed by atoms with Crippen molar-refractivity contribution in [3.8, 4) is 5.75 Å². The first-order valence-electron chi connectivity index (χ1n) is 13.1. The lowest BCUT2D eigenvalue weighted by molar-refractivity contribution is 0.172. The molecule has 0 bridgehead atoms. The zero-order valence-corrected chi connectivity index (χ0v) is 22.3. The van der Waals surface area contributed by atoms with E-state index in [1.54, 1.807) is 7.11 Å². The third kappa shape index (κ3) is 5.50. The van der Waals surface area contributed by atoms with E-state index >= 15 is 0 Å². The molecular weight excluding hydrogens is 454 g/mol. The van der Waals surface area contributed by atoms with E-state index in [0.717, 1.165) is 25.3 Å². The van der Waals surface area contributed by atoms with Crippen molar-refractivity contribution in [3.05, 3.63) is 120 Å². The summed E-state index contributed by atoms with van der Waals surface area (Å²) in [5.41, 5.74) is 7.74. The first-order chi connectivity index (χ1) is 18.0. The SMILES string of the molecule is COc1ccc(N2c3ccccc3CN(Cc3ccccc3)[C@@H](C)[C@H]2Cc2ccc(N(C)C)cc2)cc1. The Bertz CT molecular complexity index is 1290. The van der Waals surface area contributed by atoms with E-state index in [1.807, 2.05) is 0 Å². The van der Waals surface area contributed by atoms with E-state index in [2.05, 4.69) is 139 Å². The summed E-state index contributed by atoms with van der Waals surface area (Å²) in [6.45, 7) is 4.22. The molecule has 0 saturated heterocycles. The highest BCUT2D eigenvalue weighted by Crippen LogP contribution is 2.39. The van der Waals surface area contributed by atoms with Crippen LogP contribution in [0.15, 0.2) is 103 Å². The molecule has 5 rings (SSSR count). The highest BCUT2D eigenvalue weighted by molar-refractivity contribution is 5.69. The fourth-order valence-corrected chi connectivity index (χ4v) is 5.40. The Kier molecular flexibility index (Phi) is 7.47. The van der Waals surface area contributed by atoms with E-state index < -0.39 is 0 Å².